The lowest BCUT2D eigenvalue weighted by molar-refractivity contribution is 0.0206. The Morgan fingerprint density at radius 3 is 2.77 bits per heavy atom. The zero-order valence-corrected chi connectivity index (χ0v) is 26.2. The third-order valence-electron chi connectivity index (χ3n) is 6.65. The predicted octanol–water partition coefficient (Wildman–Crippen LogP) is 7.06. The van der Waals surface area contributed by atoms with Crippen LogP contribution in [0.2, 0.25) is 25.7 Å². The first-order valence-electron chi connectivity index (χ1n) is 13.7. The molecule has 0 aliphatic carbocycles. The van der Waals surface area contributed by atoms with Crippen LogP contribution in [0.1, 0.15) is 33.6 Å². The topological polar surface area (TPSA) is 85.9 Å². The van der Waals surface area contributed by atoms with E-state index in [1.807, 2.05) is 49.7 Å². The van der Waals surface area contributed by atoms with Gasteiger partial charge in [-0.3, -0.25) is 0 Å². The summed E-state index contributed by atoms with van der Waals surface area (Å²) in [4.78, 5) is 28.0. The Hall–Kier alpha value is -3.07. The van der Waals surface area contributed by atoms with E-state index < -0.39 is 13.7 Å². The predicted molar refractivity (Wildman–Crippen MR) is 165 cm³/mol. The lowest BCUT2D eigenvalue weighted by Crippen LogP contribution is -2.47. The van der Waals surface area contributed by atoms with E-state index in [1.54, 1.807) is 11.1 Å². The smallest absolute Gasteiger partial charge is 0.410 e. The number of fused-ring (bicyclic) bond motifs is 1. The molecule has 0 spiro atoms. The van der Waals surface area contributed by atoms with Crippen molar-refractivity contribution in [1.29, 1.82) is 0 Å². The number of anilines is 1. The Labute approximate surface area is 243 Å². The third-order valence-corrected chi connectivity index (χ3v) is 8.68. The highest BCUT2D eigenvalue weighted by Gasteiger charge is 2.28. The minimum Gasteiger partial charge on any atom is -0.444 e. The van der Waals surface area contributed by atoms with Gasteiger partial charge < -0.3 is 24.3 Å². The molecular formula is C29H40N6O3SSi. The summed E-state index contributed by atoms with van der Waals surface area (Å²) in [6, 6.07) is 6.75. The maximum Gasteiger partial charge on any atom is 0.410 e. The molecule has 11 heteroatoms. The van der Waals surface area contributed by atoms with Crippen LogP contribution in [0.25, 0.3) is 27.0 Å². The van der Waals surface area contributed by atoms with E-state index in [0.717, 1.165) is 35.4 Å². The third kappa shape index (κ3) is 7.77. The molecule has 1 N–H and O–H groups in total. The summed E-state index contributed by atoms with van der Waals surface area (Å²) in [5.41, 5.74) is 2.55. The maximum absolute atomic E-state index is 12.6. The molecule has 0 radical (unpaired) electrons. The van der Waals surface area contributed by atoms with Crippen LogP contribution in [0.4, 0.5) is 16.4 Å². The molecule has 214 valence electrons. The summed E-state index contributed by atoms with van der Waals surface area (Å²) in [6.45, 7) is 22.4. The Kier molecular flexibility index (Phi) is 9.12. The van der Waals surface area contributed by atoms with Crippen molar-refractivity contribution in [3.8, 4) is 11.3 Å². The zero-order valence-electron chi connectivity index (χ0n) is 24.3. The molecule has 4 rings (SSSR count). The summed E-state index contributed by atoms with van der Waals surface area (Å²) in [7, 11) is -1.20. The van der Waals surface area contributed by atoms with Crippen molar-refractivity contribution in [2.24, 2.45) is 0 Å². The van der Waals surface area contributed by atoms with Crippen molar-refractivity contribution in [1.82, 2.24) is 19.4 Å². The highest BCUT2D eigenvalue weighted by Crippen LogP contribution is 2.35. The number of nitrogens with zero attached hydrogens (tertiary/aromatic N) is 5. The van der Waals surface area contributed by atoms with Crippen molar-refractivity contribution in [2.45, 2.75) is 82.6 Å². The quantitative estimate of drug-likeness (QED) is 0.128. The van der Waals surface area contributed by atoms with Gasteiger partial charge in [0.1, 0.15) is 12.3 Å². The fourth-order valence-corrected chi connectivity index (χ4v) is 5.58. The zero-order chi connectivity index (χ0) is 29.1. The van der Waals surface area contributed by atoms with Crippen molar-refractivity contribution in [3.05, 3.63) is 42.0 Å². The average Bonchev–Trinajstić information content (AvgIpc) is 3.24. The standard InChI is InChI=1S/C29H40N6O3SSi/c1-29(2,3)38-28(36)34-12-8-9-21(17-34)32-27-31-16-25(39)26(33-27)23-18-35(19-37-13-14-40(5,6)7)24-15-20(30-4)10-11-22(23)24/h10-11,15-16,18,21,39H,8-9,12-14,17,19H2,1-3,5-7H3,(H,31,32,33)/t21-/m0/s1. The molecule has 9 nitrogen and oxygen atoms in total. The van der Waals surface area contributed by atoms with Gasteiger partial charge in [0, 0.05) is 67.6 Å². The SMILES string of the molecule is [C-]#[N+]c1ccc2c(-c3nc(N[C@H]4CCCN(C(=O)OC(C)(C)C)C4)ncc3S)cn(COCC[Si](C)(C)C)c2c1. The second-order valence-electron chi connectivity index (χ2n) is 12.5. The number of aromatic nitrogens is 3. The van der Waals surface area contributed by atoms with Gasteiger partial charge >= 0.3 is 6.09 Å². The average molecular weight is 581 g/mol. The summed E-state index contributed by atoms with van der Waals surface area (Å²) in [6.07, 6.45) is 5.18. The van der Waals surface area contributed by atoms with Gasteiger partial charge in [-0.15, -0.1) is 12.6 Å². The first-order chi connectivity index (χ1) is 18.8. The number of benzene rings is 1. The number of carbonyl (C=O) groups is 1. The van der Waals surface area contributed by atoms with Gasteiger partial charge in [-0.05, 0) is 45.7 Å². The number of nitrogens with one attached hydrogen (secondary N) is 1. The molecule has 1 amide bonds. The number of carbonyl (C=O) groups excluding carboxylic acids is 1. The van der Waals surface area contributed by atoms with E-state index in [-0.39, 0.29) is 12.1 Å². The Morgan fingerprint density at radius 2 is 2.08 bits per heavy atom. The minimum absolute atomic E-state index is 0.00205. The van der Waals surface area contributed by atoms with Crippen molar-refractivity contribution in [2.75, 3.05) is 25.0 Å². The van der Waals surface area contributed by atoms with E-state index >= 15 is 0 Å². The Morgan fingerprint density at radius 1 is 1.30 bits per heavy atom. The highest BCUT2D eigenvalue weighted by atomic mass is 32.1. The number of hydrogen-bond donors (Lipinski definition) is 2. The van der Waals surface area contributed by atoms with Crippen LogP contribution in [-0.2, 0) is 16.2 Å². The number of thiol groups is 1. The molecule has 1 saturated heterocycles. The molecule has 1 aliphatic heterocycles. The van der Waals surface area contributed by atoms with Gasteiger partial charge in [-0.1, -0.05) is 31.8 Å². The molecule has 40 heavy (non-hydrogen) atoms. The summed E-state index contributed by atoms with van der Waals surface area (Å²) < 4.78 is 13.7. The van der Waals surface area contributed by atoms with Gasteiger partial charge in [0.2, 0.25) is 5.95 Å². The Balaban J connectivity index is 1.57. The van der Waals surface area contributed by atoms with E-state index in [0.29, 0.717) is 48.7 Å². The number of likely N-dealkylation sites (tertiary alicyclic amines) is 1. The lowest BCUT2D eigenvalue weighted by atomic mass is 10.1. The fraction of sp³-hybridized carbons (Fsp3) is 0.517. The molecule has 0 unspecified atom stereocenters. The largest absolute Gasteiger partial charge is 0.444 e. The van der Waals surface area contributed by atoms with Crippen LogP contribution in [0.5, 0.6) is 0 Å². The lowest BCUT2D eigenvalue weighted by Gasteiger charge is -2.34. The second kappa shape index (κ2) is 12.2. The number of piperidine rings is 1. The molecule has 1 fully saturated rings. The van der Waals surface area contributed by atoms with Gasteiger partial charge in [0.25, 0.3) is 0 Å². The summed E-state index contributed by atoms with van der Waals surface area (Å²) in [5, 5.41) is 4.39. The monoisotopic (exact) mass is 580 g/mol. The van der Waals surface area contributed by atoms with Gasteiger partial charge in [-0.25, -0.2) is 19.6 Å². The molecule has 0 bridgehead atoms. The van der Waals surface area contributed by atoms with Crippen LogP contribution in [-0.4, -0.2) is 64.9 Å². The van der Waals surface area contributed by atoms with Crippen molar-refractivity contribution < 1.29 is 14.3 Å². The number of rotatable bonds is 8. The normalized spacial score (nSPS) is 16.1. The summed E-state index contributed by atoms with van der Waals surface area (Å²) >= 11 is 4.69. The van der Waals surface area contributed by atoms with Crippen LogP contribution < -0.4 is 5.32 Å². The maximum atomic E-state index is 12.6. The fourth-order valence-electron chi connectivity index (χ4n) is 4.60. The van der Waals surface area contributed by atoms with Crippen molar-refractivity contribution in [3.63, 3.8) is 0 Å². The van der Waals surface area contributed by atoms with Crippen LogP contribution in [0.3, 0.4) is 0 Å². The van der Waals surface area contributed by atoms with Gasteiger partial charge in [0.05, 0.1) is 12.3 Å². The van der Waals surface area contributed by atoms with E-state index in [1.165, 1.54) is 0 Å². The minimum atomic E-state index is -1.20. The summed E-state index contributed by atoms with van der Waals surface area (Å²) in [5.74, 6) is 0.480. The molecule has 1 aliphatic rings. The molecule has 0 saturated carbocycles. The molecule has 1 atom stereocenters. The van der Waals surface area contributed by atoms with E-state index in [9.17, 15) is 4.79 Å². The molecule has 3 aromatic rings. The van der Waals surface area contributed by atoms with Crippen LogP contribution in [0.15, 0.2) is 35.5 Å². The van der Waals surface area contributed by atoms with Crippen LogP contribution in [0, 0.1) is 6.57 Å². The van der Waals surface area contributed by atoms with Crippen LogP contribution >= 0.6 is 12.6 Å². The Bertz CT molecular complexity index is 1410. The molecular weight excluding hydrogens is 541 g/mol. The molecule has 2 aromatic heterocycles. The number of hydrogen-bond acceptors (Lipinski definition) is 7. The molecule has 1 aromatic carbocycles. The number of ether oxygens (including phenoxy) is 2. The van der Waals surface area contributed by atoms with E-state index in [4.69, 9.17) is 21.0 Å². The number of amides is 1. The van der Waals surface area contributed by atoms with Gasteiger partial charge in [0.15, 0.2) is 5.69 Å². The first-order valence-corrected chi connectivity index (χ1v) is 17.9. The van der Waals surface area contributed by atoms with Crippen molar-refractivity contribution >= 4 is 49.3 Å². The van der Waals surface area contributed by atoms with Gasteiger partial charge in [-0.2, -0.15) is 0 Å². The molecule has 3 heterocycles. The first kappa shape index (κ1) is 29.9. The second-order valence-corrected chi connectivity index (χ2v) is 18.6. The highest BCUT2D eigenvalue weighted by molar-refractivity contribution is 7.80. The van der Waals surface area contributed by atoms with E-state index in [2.05, 4.69) is 47.4 Å².